The first-order chi connectivity index (χ1) is 5.47. The van der Waals surface area contributed by atoms with Crippen LogP contribution in [0.25, 0.3) is 0 Å². The van der Waals surface area contributed by atoms with Crippen molar-refractivity contribution in [2.45, 2.75) is 26.4 Å². The van der Waals surface area contributed by atoms with E-state index < -0.39 is 0 Å². The first kappa shape index (κ1) is 8.77. The minimum Gasteiger partial charge on any atom is -0.472 e. The van der Waals surface area contributed by atoms with Gasteiger partial charge < -0.3 is 10.5 Å². The van der Waals surface area contributed by atoms with Gasteiger partial charge in [-0.3, -0.25) is 0 Å². The number of nitrogens with two attached hydrogens (primary N) is 1. The van der Waals surface area contributed by atoms with Crippen molar-refractivity contribution < 1.29 is 4.74 Å². The Labute approximate surface area is 71.8 Å². The predicted octanol–water partition coefficient (Wildman–Crippen LogP) is 1.24. The molecule has 0 fully saturated rings. The summed E-state index contributed by atoms with van der Waals surface area (Å²) in [5.41, 5.74) is 5.20. The quantitative estimate of drug-likeness (QED) is 0.683. The predicted molar refractivity (Wildman–Crippen MR) is 46.8 cm³/mol. The van der Waals surface area contributed by atoms with Gasteiger partial charge in [-0.15, -0.1) is 0 Å². The maximum Gasteiger partial charge on any atom is 0.218 e. The molecular formula is C8H13N3O. The van der Waals surface area contributed by atoms with Crippen molar-refractivity contribution in [2.75, 3.05) is 5.73 Å². The molecule has 0 atom stereocenters. The molecule has 1 aromatic heterocycles. The molecule has 0 amide bonds. The number of hydrogen-bond acceptors (Lipinski definition) is 4. The molecule has 0 aliphatic rings. The first-order valence-corrected chi connectivity index (χ1v) is 3.74. The molecule has 1 rings (SSSR count). The Balaban J connectivity index is 2.77. The molecule has 2 N–H and O–H groups in total. The van der Waals surface area contributed by atoms with E-state index in [-0.39, 0.29) is 5.60 Å². The zero-order valence-electron chi connectivity index (χ0n) is 7.53. The van der Waals surface area contributed by atoms with E-state index in [0.717, 1.165) is 0 Å². The van der Waals surface area contributed by atoms with E-state index >= 15 is 0 Å². The van der Waals surface area contributed by atoms with Gasteiger partial charge in [-0.05, 0) is 20.8 Å². The Morgan fingerprint density at radius 3 is 2.50 bits per heavy atom. The van der Waals surface area contributed by atoms with E-state index in [1.54, 1.807) is 6.07 Å². The van der Waals surface area contributed by atoms with Crippen molar-refractivity contribution in [1.82, 2.24) is 9.97 Å². The van der Waals surface area contributed by atoms with Crippen molar-refractivity contribution in [2.24, 2.45) is 0 Å². The number of aromatic nitrogens is 2. The standard InChI is InChI=1S/C8H13N3O/c1-8(2,3)12-7-4-6(9)10-5-11-7/h4-5H,1-3H3,(H2,9,10,11). The third kappa shape index (κ3) is 2.74. The van der Waals surface area contributed by atoms with Crippen molar-refractivity contribution in [3.05, 3.63) is 12.4 Å². The summed E-state index contributed by atoms with van der Waals surface area (Å²) in [6, 6.07) is 1.60. The summed E-state index contributed by atoms with van der Waals surface area (Å²) >= 11 is 0. The van der Waals surface area contributed by atoms with Gasteiger partial charge in [-0.25, -0.2) is 9.97 Å². The van der Waals surface area contributed by atoms with Crippen molar-refractivity contribution in [3.63, 3.8) is 0 Å². The molecule has 0 unspecified atom stereocenters. The molecule has 12 heavy (non-hydrogen) atoms. The number of ether oxygens (including phenoxy) is 1. The van der Waals surface area contributed by atoms with Crippen LogP contribution in [0.2, 0.25) is 0 Å². The maximum atomic E-state index is 5.45. The number of hydrogen-bond donors (Lipinski definition) is 1. The normalized spacial score (nSPS) is 11.2. The van der Waals surface area contributed by atoms with E-state index in [1.165, 1.54) is 6.33 Å². The van der Waals surface area contributed by atoms with E-state index in [0.29, 0.717) is 11.7 Å². The second-order valence-electron chi connectivity index (χ2n) is 3.50. The van der Waals surface area contributed by atoms with Crippen LogP contribution < -0.4 is 10.5 Å². The molecule has 1 heterocycles. The second-order valence-corrected chi connectivity index (χ2v) is 3.50. The number of nitrogen functional groups attached to an aromatic ring is 1. The molecule has 0 aromatic carbocycles. The van der Waals surface area contributed by atoms with Crippen LogP contribution in [0.15, 0.2) is 12.4 Å². The van der Waals surface area contributed by atoms with E-state index in [1.807, 2.05) is 20.8 Å². The first-order valence-electron chi connectivity index (χ1n) is 3.74. The van der Waals surface area contributed by atoms with Gasteiger partial charge in [0.15, 0.2) is 0 Å². The zero-order valence-corrected chi connectivity index (χ0v) is 7.53. The zero-order chi connectivity index (χ0) is 9.19. The fraction of sp³-hybridized carbons (Fsp3) is 0.500. The molecule has 4 heteroatoms. The lowest BCUT2D eigenvalue weighted by Crippen LogP contribution is -2.23. The molecule has 0 aliphatic heterocycles. The Morgan fingerprint density at radius 1 is 1.33 bits per heavy atom. The number of rotatable bonds is 1. The third-order valence-corrected chi connectivity index (χ3v) is 1.07. The highest BCUT2D eigenvalue weighted by Gasteiger charge is 2.12. The summed E-state index contributed by atoms with van der Waals surface area (Å²) in [4.78, 5) is 7.67. The lowest BCUT2D eigenvalue weighted by Gasteiger charge is -2.19. The molecule has 0 aliphatic carbocycles. The summed E-state index contributed by atoms with van der Waals surface area (Å²) in [6.07, 6.45) is 1.39. The second kappa shape index (κ2) is 2.97. The van der Waals surface area contributed by atoms with Gasteiger partial charge in [0.1, 0.15) is 17.7 Å². The van der Waals surface area contributed by atoms with Gasteiger partial charge in [0.05, 0.1) is 0 Å². The van der Waals surface area contributed by atoms with Crippen LogP contribution in [-0.4, -0.2) is 15.6 Å². The molecule has 0 saturated heterocycles. The van der Waals surface area contributed by atoms with Gasteiger partial charge >= 0.3 is 0 Å². The molecule has 1 aromatic rings. The minimum atomic E-state index is -0.249. The highest BCUT2D eigenvalue weighted by molar-refractivity contribution is 5.30. The van der Waals surface area contributed by atoms with Crippen LogP contribution in [0.3, 0.4) is 0 Å². The van der Waals surface area contributed by atoms with Gasteiger partial charge in [0, 0.05) is 6.07 Å². The maximum absolute atomic E-state index is 5.45. The smallest absolute Gasteiger partial charge is 0.218 e. The summed E-state index contributed by atoms with van der Waals surface area (Å²) in [5.74, 6) is 0.930. The number of nitrogens with zero attached hydrogens (tertiary/aromatic N) is 2. The molecule has 4 nitrogen and oxygen atoms in total. The van der Waals surface area contributed by atoms with Crippen molar-refractivity contribution >= 4 is 5.82 Å². The molecular weight excluding hydrogens is 154 g/mol. The van der Waals surface area contributed by atoms with Gasteiger partial charge in [0.2, 0.25) is 5.88 Å². The topological polar surface area (TPSA) is 61.0 Å². The largest absolute Gasteiger partial charge is 0.472 e. The third-order valence-electron chi connectivity index (χ3n) is 1.07. The molecule has 0 radical (unpaired) electrons. The van der Waals surface area contributed by atoms with Gasteiger partial charge in [-0.2, -0.15) is 0 Å². The highest BCUT2D eigenvalue weighted by atomic mass is 16.5. The lowest BCUT2D eigenvalue weighted by molar-refractivity contribution is 0.124. The Morgan fingerprint density at radius 2 is 2.00 bits per heavy atom. The van der Waals surface area contributed by atoms with Crippen LogP contribution in [0.5, 0.6) is 5.88 Å². The van der Waals surface area contributed by atoms with Crippen LogP contribution in [0, 0.1) is 0 Å². The fourth-order valence-corrected chi connectivity index (χ4v) is 0.723. The van der Waals surface area contributed by atoms with Gasteiger partial charge in [0.25, 0.3) is 0 Å². The van der Waals surface area contributed by atoms with E-state index in [4.69, 9.17) is 10.5 Å². The molecule has 0 saturated carbocycles. The summed E-state index contributed by atoms with van der Waals surface area (Å²) in [5, 5.41) is 0. The van der Waals surface area contributed by atoms with Crippen molar-refractivity contribution in [1.29, 1.82) is 0 Å². The minimum absolute atomic E-state index is 0.249. The van der Waals surface area contributed by atoms with Gasteiger partial charge in [-0.1, -0.05) is 0 Å². The van der Waals surface area contributed by atoms with Crippen LogP contribution >= 0.6 is 0 Å². The van der Waals surface area contributed by atoms with Crippen molar-refractivity contribution in [3.8, 4) is 5.88 Å². The summed E-state index contributed by atoms with van der Waals surface area (Å²) < 4.78 is 5.45. The SMILES string of the molecule is CC(C)(C)Oc1cc(N)ncn1. The Bertz CT molecular complexity index is 267. The number of anilines is 1. The fourth-order valence-electron chi connectivity index (χ4n) is 0.723. The lowest BCUT2D eigenvalue weighted by atomic mass is 10.2. The molecule has 0 spiro atoms. The Hall–Kier alpha value is -1.32. The van der Waals surface area contributed by atoms with Crippen LogP contribution in [0.4, 0.5) is 5.82 Å². The van der Waals surface area contributed by atoms with Crippen LogP contribution in [-0.2, 0) is 0 Å². The van der Waals surface area contributed by atoms with E-state index in [9.17, 15) is 0 Å². The monoisotopic (exact) mass is 167 g/mol. The molecule has 66 valence electrons. The summed E-state index contributed by atoms with van der Waals surface area (Å²) in [6.45, 7) is 5.85. The summed E-state index contributed by atoms with van der Waals surface area (Å²) in [7, 11) is 0. The average molecular weight is 167 g/mol. The van der Waals surface area contributed by atoms with E-state index in [2.05, 4.69) is 9.97 Å². The Kier molecular flexibility index (Phi) is 2.17. The van der Waals surface area contributed by atoms with Crippen LogP contribution in [0.1, 0.15) is 20.8 Å². The molecule has 0 bridgehead atoms. The average Bonchev–Trinajstić information content (AvgIpc) is 1.82. The highest BCUT2D eigenvalue weighted by Crippen LogP contribution is 2.15.